The van der Waals surface area contributed by atoms with Crippen LogP contribution in [-0.4, -0.2) is 34.7 Å². The molecule has 1 fully saturated rings. The third-order valence-electron chi connectivity index (χ3n) is 6.81. The number of hydrogen-bond donors (Lipinski definition) is 1. The molecular formula is C26H31N7O. The maximum atomic E-state index is 13.3. The molecule has 1 aromatic carbocycles. The molecule has 0 bridgehead atoms. The van der Waals surface area contributed by atoms with Gasteiger partial charge in [-0.25, -0.2) is 4.79 Å². The minimum Gasteiger partial charge on any atom is -0.299 e. The molecule has 1 saturated carbocycles. The minimum absolute atomic E-state index is 0.0977. The molecular weight excluding hydrogens is 426 g/mol. The Morgan fingerprint density at radius 3 is 2.59 bits per heavy atom. The lowest BCUT2D eigenvalue weighted by atomic mass is 9.87. The van der Waals surface area contributed by atoms with Gasteiger partial charge in [-0.3, -0.25) is 14.1 Å². The normalized spacial score (nSPS) is 14.5. The monoisotopic (exact) mass is 457 g/mol. The highest BCUT2D eigenvalue weighted by Crippen LogP contribution is 2.33. The van der Waals surface area contributed by atoms with E-state index in [4.69, 9.17) is 4.98 Å². The fourth-order valence-electron chi connectivity index (χ4n) is 4.96. The second-order valence-electron chi connectivity index (χ2n) is 9.14. The van der Waals surface area contributed by atoms with Crippen LogP contribution in [0.2, 0.25) is 0 Å². The number of tetrazole rings is 1. The SMILES string of the molecule is CCCCn1cc(C2CCCCC2)n(Cc2ccc(-c3ccccc3-c3nn[nH]n3)nc2)c1=O. The van der Waals surface area contributed by atoms with Crippen molar-refractivity contribution in [2.75, 3.05) is 0 Å². The molecule has 8 nitrogen and oxygen atoms in total. The highest BCUT2D eigenvalue weighted by Gasteiger charge is 2.22. The average molecular weight is 458 g/mol. The van der Waals surface area contributed by atoms with Crippen molar-refractivity contribution < 1.29 is 0 Å². The van der Waals surface area contributed by atoms with E-state index in [0.29, 0.717) is 18.3 Å². The first-order valence-corrected chi connectivity index (χ1v) is 12.3. The van der Waals surface area contributed by atoms with Crippen LogP contribution in [0.5, 0.6) is 0 Å². The second kappa shape index (κ2) is 10.2. The Hall–Kier alpha value is -3.55. The second-order valence-corrected chi connectivity index (χ2v) is 9.14. The Morgan fingerprint density at radius 1 is 1.06 bits per heavy atom. The highest BCUT2D eigenvalue weighted by molar-refractivity contribution is 5.78. The molecule has 8 heteroatoms. The van der Waals surface area contributed by atoms with Gasteiger partial charge in [0.1, 0.15) is 0 Å². The molecule has 5 rings (SSSR count). The lowest BCUT2D eigenvalue weighted by Gasteiger charge is -2.22. The number of H-pyrrole nitrogens is 1. The van der Waals surface area contributed by atoms with E-state index >= 15 is 0 Å². The van der Waals surface area contributed by atoms with Crippen molar-refractivity contribution in [3.63, 3.8) is 0 Å². The van der Waals surface area contributed by atoms with Crippen LogP contribution in [0, 0.1) is 0 Å². The number of benzene rings is 1. The summed E-state index contributed by atoms with van der Waals surface area (Å²) in [5.41, 5.74) is 4.96. The van der Waals surface area contributed by atoms with Crippen molar-refractivity contribution in [2.24, 2.45) is 0 Å². The van der Waals surface area contributed by atoms with E-state index in [1.807, 2.05) is 45.7 Å². The smallest absolute Gasteiger partial charge is 0.299 e. The maximum absolute atomic E-state index is 13.3. The van der Waals surface area contributed by atoms with Crippen LogP contribution < -0.4 is 5.69 Å². The fourth-order valence-corrected chi connectivity index (χ4v) is 4.96. The van der Waals surface area contributed by atoms with Crippen LogP contribution >= 0.6 is 0 Å². The number of unbranched alkanes of at least 4 members (excludes halogenated alkanes) is 1. The van der Waals surface area contributed by atoms with Crippen molar-refractivity contribution in [3.8, 4) is 22.6 Å². The van der Waals surface area contributed by atoms with Gasteiger partial charge in [-0.15, -0.1) is 10.2 Å². The number of aromatic nitrogens is 7. The summed E-state index contributed by atoms with van der Waals surface area (Å²) in [5.74, 6) is 1.01. The van der Waals surface area contributed by atoms with E-state index in [-0.39, 0.29) is 5.69 Å². The first-order chi connectivity index (χ1) is 16.7. The molecule has 0 spiro atoms. The van der Waals surface area contributed by atoms with Gasteiger partial charge >= 0.3 is 5.69 Å². The van der Waals surface area contributed by atoms with Gasteiger partial charge < -0.3 is 0 Å². The summed E-state index contributed by atoms with van der Waals surface area (Å²) in [4.78, 5) is 18.0. The Kier molecular flexibility index (Phi) is 6.65. The van der Waals surface area contributed by atoms with Gasteiger partial charge in [0.2, 0.25) is 5.82 Å². The number of rotatable bonds is 8. The highest BCUT2D eigenvalue weighted by atomic mass is 16.1. The van der Waals surface area contributed by atoms with Gasteiger partial charge in [0.25, 0.3) is 0 Å². The van der Waals surface area contributed by atoms with E-state index in [1.165, 1.54) is 37.8 Å². The van der Waals surface area contributed by atoms with Crippen LogP contribution in [-0.2, 0) is 13.1 Å². The summed E-state index contributed by atoms with van der Waals surface area (Å²) in [5, 5.41) is 14.4. The number of nitrogens with one attached hydrogen (secondary N) is 1. The van der Waals surface area contributed by atoms with Crippen molar-refractivity contribution in [3.05, 3.63) is 70.5 Å². The van der Waals surface area contributed by atoms with Crippen molar-refractivity contribution in [1.82, 2.24) is 34.7 Å². The summed E-state index contributed by atoms with van der Waals surface area (Å²) in [6.45, 7) is 3.49. The van der Waals surface area contributed by atoms with Crippen molar-refractivity contribution in [2.45, 2.75) is 70.9 Å². The Balaban J connectivity index is 1.43. The van der Waals surface area contributed by atoms with Gasteiger partial charge in [0, 0.05) is 41.7 Å². The van der Waals surface area contributed by atoms with E-state index in [2.05, 4.69) is 39.8 Å². The predicted molar refractivity (Wildman–Crippen MR) is 131 cm³/mol. The van der Waals surface area contributed by atoms with Crippen molar-refractivity contribution in [1.29, 1.82) is 0 Å². The van der Waals surface area contributed by atoms with Crippen LogP contribution in [0.15, 0.2) is 53.6 Å². The molecule has 3 aromatic heterocycles. The van der Waals surface area contributed by atoms with Gasteiger partial charge in [-0.1, -0.05) is 62.9 Å². The summed E-state index contributed by atoms with van der Waals surface area (Å²) in [7, 11) is 0. The Labute approximate surface area is 199 Å². The van der Waals surface area contributed by atoms with Gasteiger partial charge in [-0.2, -0.15) is 5.21 Å². The quantitative estimate of drug-likeness (QED) is 0.411. The third-order valence-corrected chi connectivity index (χ3v) is 6.81. The average Bonchev–Trinajstić information content (AvgIpc) is 3.53. The summed E-state index contributed by atoms with van der Waals surface area (Å²) < 4.78 is 3.89. The first-order valence-electron chi connectivity index (χ1n) is 12.3. The van der Waals surface area contributed by atoms with Gasteiger partial charge in [-0.05, 0) is 36.1 Å². The number of imidazole rings is 1. The topological polar surface area (TPSA) is 94.3 Å². The van der Waals surface area contributed by atoms with Crippen LogP contribution in [0.1, 0.15) is 69.0 Å². The molecule has 4 aromatic rings. The third kappa shape index (κ3) is 4.58. The van der Waals surface area contributed by atoms with Crippen LogP contribution in [0.3, 0.4) is 0 Å². The minimum atomic E-state index is 0.0977. The standard InChI is InChI=1S/C26H31N7O/c1-2-3-15-32-18-24(20-9-5-4-6-10-20)33(26(32)34)17-19-13-14-23(27-16-19)21-11-7-8-12-22(21)25-28-30-31-29-25/h7-8,11-14,16,18,20H,2-6,9-10,15,17H2,1H3,(H,28,29,30,31). The molecule has 0 atom stereocenters. The largest absolute Gasteiger partial charge is 0.328 e. The van der Waals surface area contributed by atoms with Crippen LogP contribution in [0.4, 0.5) is 0 Å². The zero-order valence-corrected chi connectivity index (χ0v) is 19.7. The molecule has 0 unspecified atom stereocenters. The molecule has 1 N–H and O–H groups in total. The Bertz CT molecular complexity index is 1270. The molecule has 0 amide bonds. The number of aryl methyl sites for hydroxylation is 1. The molecule has 3 heterocycles. The molecule has 176 valence electrons. The molecule has 1 aliphatic rings. The fraction of sp³-hybridized carbons (Fsp3) is 0.423. The molecule has 34 heavy (non-hydrogen) atoms. The van der Waals surface area contributed by atoms with Crippen LogP contribution in [0.25, 0.3) is 22.6 Å². The zero-order valence-electron chi connectivity index (χ0n) is 19.7. The number of aromatic amines is 1. The van der Waals surface area contributed by atoms with E-state index in [9.17, 15) is 4.79 Å². The summed E-state index contributed by atoms with van der Waals surface area (Å²) in [6, 6.07) is 12.0. The molecule has 0 saturated heterocycles. The predicted octanol–water partition coefficient (Wildman–Crippen LogP) is 4.79. The maximum Gasteiger partial charge on any atom is 0.328 e. The lowest BCUT2D eigenvalue weighted by Crippen LogP contribution is -2.26. The lowest BCUT2D eigenvalue weighted by molar-refractivity contribution is 0.425. The van der Waals surface area contributed by atoms with E-state index < -0.39 is 0 Å². The summed E-state index contributed by atoms with van der Waals surface area (Å²) in [6.07, 6.45) is 12.2. The number of hydrogen-bond acceptors (Lipinski definition) is 5. The Morgan fingerprint density at radius 2 is 1.88 bits per heavy atom. The van der Waals surface area contributed by atoms with E-state index in [0.717, 1.165) is 41.8 Å². The summed E-state index contributed by atoms with van der Waals surface area (Å²) >= 11 is 0. The van der Waals surface area contributed by atoms with Gasteiger partial charge in [0.05, 0.1) is 12.2 Å². The van der Waals surface area contributed by atoms with E-state index in [1.54, 1.807) is 0 Å². The molecule has 0 aliphatic heterocycles. The number of nitrogens with zero attached hydrogens (tertiary/aromatic N) is 6. The number of pyridine rings is 1. The molecule has 1 aliphatic carbocycles. The van der Waals surface area contributed by atoms with Gasteiger partial charge in [0.15, 0.2) is 0 Å². The molecule has 0 radical (unpaired) electrons. The zero-order chi connectivity index (χ0) is 23.3. The van der Waals surface area contributed by atoms with Crippen molar-refractivity contribution >= 4 is 0 Å². The first kappa shape index (κ1) is 22.3.